The summed E-state index contributed by atoms with van der Waals surface area (Å²) in [5.74, 6) is -0.688. The van der Waals surface area contributed by atoms with Crippen LogP contribution >= 0.6 is 0 Å². The van der Waals surface area contributed by atoms with Crippen molar-refractivity contribution in [1.29, 1.82) is 5.26 Å². The van der Waals surface area contributed by atoms with E-state index >= 15 is 0 Å². The summed E-state index contributed by atoms with van der Waals surface area (Å²) < 4.78 is 14.3. The van der Waals surface area contributed by atoms with Gasteiger partial charge in [0.2, 0.25) is 0 Å². The molecular weight excluding hydrogens is 455 g/mol. The first-order valence-electron chi connectivity index (χ1n) is 11.7. The fourth-order valence-corrected chi connectivity index (χ4v) is 4.31. The molecule has 0 spiro atoms. The Labute approximate surface area is 209 Å². The van der Waals surface area contributed by atoms with Gasteiger partial charge in [0, 0.05) is 36.8 Å². The predicted octanol–water partition coefficient (Wildman–Crippen LogP) is 5.40. The third-order valence-electron chi connectivity index (χ3n) is 6.19. The summed E-state index contributed by atoms with van der Waals surface area (Å²) in [6.45, 7) is 4.11. The fourth-order valence-electron chi connectivity index (χ4n) is 4.31. The van der Waals surface area contributed by atoms with Crippen molar-refractivity contribution in [2.24, 2.45) is 5.73 Å². The normalized spacial score (nSPS) is 11.8. The number of carbonyl (C=O) groups excluding carboxylic acids is 1. The zero-order valence-corrected chi connectivity index (χ0v) is 20.4. The molecule has 0 aliphatic carbocycles. The maximum Gasteiger partial charge on any atom is 0.255 e. The third kappa shape index (κ3) is 5.04. The number of benzene rings is 3. The molecule has 1 amide bonds. The van der Waals surface area contributed by atoms with E-state index in [1.807, 2.05) is 31.2 Å². The van der Waals surface area contributed by atoms with Crippen molar-refractivity contribution in [2.75, 3.05) is 13.6 Å². The third-order valence-corrected chi connectivity index (χ3v) is 6.19. The van der Waals surface area contributed by atoms with Gasteiger partial charge in [-0.1, -0.05) is 19.1 Å². The van der Waals surface area contributed by atoms with Crippen molar-refractivity contribution < 1.29 is 14.3 Å². The molecular formula is C29H27FN4O2. The first-order chi connectivity index (χ1) is 17.2. The monoisotopic (exact) mass is 482 g/mol. The maximum absolute atomic E-state index is 14.3. The van der Waals surface area contributed by atoms with E-state index in [1.54, 1.807) is 43.3 Å². The number of amides is 1. The van der Waals surface area contributed by atoms with Gasteiger partial charge in [-0.15, -0.1) is 0 Å². The first-order valence-corrected chi connectivity index (χ1v) is 11.7. The number of halogens is 1. The highest BCUT2D eigenvalue weighted by Gasteiger charge is 2.23. The largest absolute Gasteiger partial charge is 0.508 e. The molecule has 1 heterocycles. The van der Waals surface area contributed by atoms with Gasteiger partial charge in [0.15, 0.2) is 0 Å². The highest BCUT2D eigenvalue weighted by atomic mass is 19.1. The second-order valence-electron chi connectivity index (χ2n) is 9.03. The molecule has 3 N–H and O–H groups in total. The van der Waals surface area contributed by atoms with Gasteiger partial charge in [0.05, 0.1) is 22.7 Å². The summed E-state index contributed by atoms with van der Waals surface area (Å²) >= 11 is 0. The molecule has 4 rings (SSSR count). The number of fused-ring (bicyclic) bond motifs is 1. The highest BCUT2D eigenvalue weighted by molar-refractivity contribution is 6.12. The summed E-state index contributed by atoms with van der Waals surface area (Å²) in [4.78, 5) is 20.0. The van der Waals surface area contributed by atoms with Gasteiger partial charge in [-0.2, -0.15) is 5.26 Å². The van der Waals surface area contributed by atoms with Crippen LogP contribution in [-0.2, 0) is 0 Å². The molecule has 182 valence electrons. The minimum Gasteiger partial charge on any atom is -0.508 e. The lowest BCUT2D eigenvalue weighted by molar-refractivity contribution is 0.0788. The lowest BCUT2D eigenvalue weighted by atomic mass is 9.93. The molecule has 3 aromatic carbocycles. The van der Waals surface area contributed by atoms with E-state index in [0.717, 1.165) is 5.56 Å². The molecule has 0 saturated heterocycles. The molecule has 0 radical (unpaired) electrons. The molecule has 6 nitrogen and oxygen atoms in total. The maximum atomic E-state index is 14.3. The molecule has 0 fully saturated rings. The molecule has 1 unspecified atom stereocenters. The quantitative estimate of drug-likeness (QED) is 0.383. The van der Waals surface area contributed by atoms with Crippen molar-refractivity contribution in [2.45, 2.75) is 26.3 Å². The topological polar surface area (TPSA) is 103 Å². The van der Waals surface area contributed by atoms with Crippen LogP contribution in [0.4, 0.5) is 4.39 Å². The van der Waals surface area contributed by atoms with Crippen LogP contribution in [0.3, 0.4) is 0 Å². The second kappa shape index (κ2) is 10.1. The number of nitriles is 1. The minimum atomic E-state index is -0.401. The minimum absolute atomic E-state index is 0.0316. The molecule has 0 saturated carbocycles. The van der Waals surface area contributed by atoms with Gasteiger partial charge in [0.1, 0.15) is 11.6 Å². The Hall–Kier alpha value is -4.28. The van der Waals surface area contributed by atoms with E-state index in [1.165, 1.54) is 18.2 Å². The zero-order chi connectivity index (χ0) is 26.0. The van der Waals surface area contributed by atoms with Crippen LogP contribution in [0.1, 0.15) is 34.8 Å². The number of hydrogen-bond donors (Lipinski definition) is 2. The lowest BCUT2D eigenvalue weighted by Gasteiger charge is -2.23. The molecule has 1 aromatic heterocycles. The van der Waals surface area contributed by atoms with Crippen molar-refractivity contribution in [1.82, 2.24) is 9.88 Å². The molecule has 4 aromatic rings. The van der Waals surface area contributed by atoms with E-state index in [9.17, 15) is 19.6 Å². The average molecular weight is 483 g/mol. The number of rotatable bonds is 6. The van der Waals surface area contributed by atoms with Gasteiger partial charge in [-0.05, 0) is 78.1 Å². The smallest absolute Gasteiger partial charge is 0.255 e. The van der Waals surface area contributed by atoms with Crippen molar-refractivity contribution in [3.63, 3.8) is 0 Å². The lowest BCUT2D eigenvalue weighted by Crippen LogP contribution is -2.38. The predicted molar refractivity (Wildman–Crippen MR) is 139 cm³/mol. The van der Waals surface area contributed by atoms with Crippen molar-refractivity contribution in [3.8, 4) is 34.1 Å². The standard InChI is InChI=1S/C29H27FN4O2/c1-4-23(32)16-34(3)29(36)28-25-13-19(20-9-18(14-31)10-24(35)12-20)5-6-27(25)33-15-26(28)21-7-17(2)8-22(30)11-21/h5-13,15,23,35H,4,16,32H2,1-3H3. The van der Waals surface area contributed by atoms with Crippen LogP contribution in [-0.4, -0.2) is 40.5 Å². The van der Waals surface area contributed by atoms with Gasteiger partial charge >= 0.3 is 0 Å². The van der Waals surface area contributed by atoms with E-state index < -0.39 is 5.82 Å². The number of nitrogens with two attached hydrogens (primary N) is 1. The molecule has 0 bridgehead atoms. The molecule has 0 aliphatic heterocycles. The van der Waals surface area contributed by atoms with Crippen LogP contribution in [0.25, 0.3) is 33.2 Å². The van der Waals surface area contributed by atoms with Gasteiger partial charge in [-0.3, -0.25) is 9.78 Å². The molecule has 0 aliphatic rings. The Balaban J connectivity index is 1.98. The average Bonchev–Trinajstić information content (AvgIpc) is 2.86. The number of hydrogen-bond acceptors (Lipinski definition) is 5. The number of likely N-dealkylation sites (N-methyl/N-ethyl adjacent to an activating group) is 1. The molecule has 1 atom stereocenters. The SMILES string of the molecule is CCC(N)CN(C)C(=O)c1c(-c2cc(C)cc(F)c2)cnc2ccc(-c3cc(O)cc(C#N)c3)cc12. The van der Waals surface area contributed by atoms with Crippen LogP contribution in [0.2, 0.25) is 0 Å². The summed E-state index contributed by atoms with van der Waals surface area (Å²) in [5, 5.41) is 20.0. The van der Waals surface area contributed by atoms with Gasteiger partial charge < -0.3 is 15.7 Å². The summed E-state index contributed by atoms with van der Waals surface area (Å²) in [5.41, 5.74) is 10.5. The van der Waals surface area contributed by atoms with E-state index in [-0.39, 0.29) is 17.7 Å². The van der Waals surface area contributed by atoms with Gasteiger partial charge in [-0.25, -0.2) is 4.39 Å². The highest BCUT2D eigenvalue weighted by Crippen LogP contribution is 2.34. The Kier molecular flexibility index (Phi) is 7.00. The summed E-state index contributed by atoms with van der Waals surface area (Å²) in [7, 11) is 1.70. The number of phenols is 1. The van der Waals surface area contributed by atoms with Crippen LogP contribution in [0.15, 0.2) is 60.8 Å². The van der Waals surface area contributed by atoms with Crippen LogP contribution in [0.5, 0.6) is 5.75 Å². The number of aromatic nitrogens is 1. The number of aromatic hydroxyl groups is 1. The van der Waals surface area contributed by atoms with Crippen LogP contribution in [0, 0.1) is 24.1 Å². The number of carbonyl (C=O) groups is 1. The Morgan fingerprint density at radius 2 is 1.92 bits per heavy atom. The summed E-state index contributed by atoms with van der Waals surface area (Å²) in [6.07, 6.45) is 2.31. The van der Waals surface area contributed by atoms with E-state index in [2.05, 4.69) is 4.98 Å². The number of phenolic OH excluding ortho intramolecular Hbond substituents is 1. The molecule has 7 heteroatoms. The van der Waals surface area contributed by atoms with E-state index in [4.69, 9.17) is 5.73 Å². The first kappa shape index (κ1) is 24.8. The zero-order valence-electron chi connectivity index (χ0n) is 20.4. The summed E-state index contributed by atoms with van der Waals surface area (Å²) in [6, 6.07) is 16.5. The van der Waals surface area contributed by atoms with Gasteiger partial charge in [0.25, 0.3) is 5.91 Å². The van der Waals surface area contributed by atoms with Crippen molar-refractivity contribution >= 4 is 16.8 Å². The van der Waals surface area contributed by atoms with E-state index in [0.29, 0.717) is 57.2 Å². The Morgan fingerprint density at radius 1 is 1.14 bits per heavy atom. The number of nitrogens with zero attached hydrogens (tertiary/aromatic N) is 3. The number of pyridine rings is 1. The fraction of sp³-hybridized carbons (Fsp3) is 0.207. The van der Waals surface area contributed by atoms with Crippen molar-refractivity contribution in [3.05, 3.63) is 83.3 Å². The number of aryl methyl sites for hydroxylation is 1. The Morgan fingerprint density at radius 3 is 2.61 bits per heavy atom. The second-order valence-corrected chi connectivity index (χ2v) is 9.03. The van der Waals surface area contributed by atoms with Crippen LogP contribution < -0.4 is 5.73 Å². The molecule has 36 heavy (non-hydrogen) atoms. The Bertz CT molecular complexity index is 1490.